The predicted octanol–water partition coefficient (Wildman–Crippen LogP) is 2.41. The zero-order valence-electron chi connectivity index (χ0n) is 11.5. The second-order valence-corrected chi connectivity index (χ2v) is 4.84. The Morgan fingerprint density at radius 2 is 2.00 bits per heavy atom. The Labute approximate surface area is 109 Å². The molecule has 100 valence electrons. The zero-order valence-corrected chi connectivity index (χ0v) is 11.5. The van der Waals surface area contributed by atoms with Gasteiger partial charge in [-0.05, 0) is 32.4 Å². The van der Waals surface area contributed by atoms with Crippen LogP contribution >= 0.6 is 0 Å². The normalized spacial score (nSPS) is 10.9. The topological polar surface area (TPSA) is 50.4 Å². The molecule has 0 spiro atoms. The van der Waals surface area contributed by atoms with Crippen LogP contribution in [0.2, 0.25) is 0 Å². The highest BCUT2D eigenvalue weighted by atomic mass is 16.5. The van der Waals surface area contributed by atoms with E-state index in [1.807, 2.05) is 45.0 Å². The minimum Gasteiger partial charge on any atom is -0.495 e. The Morgan fingerprint density at radius 3 is 2.61 bits per heavy atom. The lowest BCUT2D eigenvalue weighted by molar-refractivity contribution is -0.121. The second-order valence-electron chi connectivity index (χ2n) is 4.84. The number of methoxy groups -OCH3 is 1. The second kappa shape index (κ2) is 6.28. The van der Waals surface area contributed by atoms with Crippen LogP contribution in [0.1, 0.15) is 27.2 Å². The van der Waals surface area contributed by atoms with E-state index >= 15 is 0 Å². The van der Waals surface area contributed by atoms with Crippen LogP contribution in [0.3, 0.4) is 0 Å². The summed E-state index contributed by atoms with van der Waals surface area (Å²) in [4.78, 5) is 11.8. The summed E-state index contributed by atoms with van der Waals surface area (Å²) >= 11 is 0. The van der Waals surface area contributed by atoms with Crippen LogP contribution in [-0.2, 0) is 4.79 Å². The Kier molecular flexibility index (Phi) is 5.01. The molecular formula is C14H22N2O2. The molecule has 0 aromatic heterocycles. The van der Waals surface area contributed by atoms with Crippen LogP contribution in [0.25, 0.3) is 0 Å². The first-order valence-corrected chi connectivity index (χ1v) is 6.16. The maximum Gasteiger partial charge on any atom is 0.239 e. The van der Waals surface area contributed by atoms with Crippen molar-refractivity contribution < 1.29 is 9.53 Å². The average Bonchev–Trinajstić information content (AvgIpc) is 2.36. The number of hydrogen-bond acceptors (Lipinski definition) is 3. The molecule has 0 atom stereocenters. The number of ether oxygens (including phenoxy) is 1. The lowest BCUT2D eigenvalue weighted by Crippen LogP contribution is -2.45. The van der Waals surface area contributed by atoms with Crippen molar-refractivity contribution in [3.8, 4) is 5.75 Å². The summed E-state index contributed by atoms with van der Waals surface area (Å²) in [7, 11) is 1.61. The highest BCUT2D eigenvalue weighted by Gasteiger charge is 2.17. The van der Waals surface area contributed by atoms with Gasteiger partial charge in [-0.1, -0.05) is 19.1 Å². The molecule has 0 aliphatic rings. The maximum absolute atomic E-state index is 11.8. The van der Waals surface area contributed by atoms with Gasteiger partial charge >= 0.3 is 0 Å². The lowest BCUT2D eigenvalue weighted by Gasteiger charge is -2.24. The quantitative estimate of drug-likeness (QED) is 0.815. The summed E-state index contributed by atoms with van der Waals surface area (Å²) in [6.45, 7) is 6.31. The van der Waals surface area contributed by atoms with Crippen molar-refractivity contribution in [3.63, 3.8) is 0 Å². The summed E-state index contributed by atoms with van der Waals surface area (Å²) in [5.74, 6) is 0.716. The van der Waals surface area contributed by atoms with Gasteiger partial charge in [0.05, 0.1) is 19.3 Å². The molecule has 18 heavy (non-hydrogen) atoms. The average molecular weight is 250 g/mol. The van der Waals surface area contributed by atoms with Crippen molar-refractivity contribution in [2.45, 2.75) is 32.7 Å². The van der Waals surface area contributed by atoms with E-state index < -0.39 is 0 Å². The maximum atomic E-state index is 11.8. The molecule has 0 aliphatic carbocycles. The zero-order chi connectivity index (χ0) is 13.6. The van der Waals surface area contributed by atoms with E-state index in [0.717, 1.165) is 17.9 Å². The number of carbonyl (C=O) groups is 1. The fraction of sp³-hybridized carbons (Fsp3) is 0.500. The molecule has 0 fully saturated rings. The third-order valence-electron chi connectivity index (χ3n) is 2.91. The minimum absolute atomic E-state index is 0.0206. The minimum atomic E-state index is -0.167. The Morgan fingerprint density at radius 1 is 1.33 bits per heavy atom. The molecule has 0 saturated heterocycles. The molecule has 0 heterocycles. The van der Waals surface area contributed by atoms with Crippen LogP contribution in [0.5, 0.6) is 5.75 Å². The third-order valence-corrected chi connectivity index (χ3v) is 2.91. The van der Waals surface area contributed by atoms with Gasteiger partial charge in [0.1, 0.15) is 5.75 Å². The molecule has 1 rings (SSSR count). The van der Waals surface area contributed by atoms with Crippen LogP contribution in [0.4, 0.5) is 5.69 Å². The van der Waals surface area contributed by atoms with E-state index in [2.05, 4.69) is 10.6 Å². The highest BCUT2D eigenvalue weighted by molar-refractivity contribution is 5.81. The van der Waals surface area contributed by atoms with Crippen LogP contribution in [0.15, 0.2) is 24.3 Å². The molecular weight excluding hydrogens is 228 g/mol. The molecule has 1 aromatic carbocycles. The first-order valence-electron chi connectivity index (χ1n) is 6.16. The summed E-state index contributed by atoms with van der Waals surface area (Å²) < 4.78 is 5.21. The van der Waals surface area contributed by atoms with Crippen LogP contribution in [0, 0.1) is 0 Å². The number of rotatable bonds is 6. The summed E-state index contributed by atoms with van der Waals surface area (Å²) in [5.41, 5.74) is 0.656. The smallest absolute Gasteiger partial charge is 0.239 e. The van der Waals surface area contributed by atoms with Gasteiger partial charge in [-0.25, -0.2) is 0 Å². The SMILES string of the molecule is CCC(C)(C)NC(=O)CNc1ccccc1OC. The number of hydrogen-bond donors (Lipinski definition) is 2. The number of carbonyl (C=O) groups excluding carboxylic acids is 1. The monoisotopic (exact) mass is 250 g/mol. The molecule has 2 N–H and O–H groups in total. The molecule has 1 aromatic rings. The van der Waals surface area contributed by atoms with Gasteiger partial charge in [-0.15, -0.1) is 0 Å². The van der Waals surface area contributed by atoms with E-state index in [1.165, 1.54) is 0 Å². The van der Waals surface area contributed by atoms with Crippen molar-refractivity contribution in [1.29, 1.82) is 0 Å². The highest BCUT2D eigenvalue weighted by Crippen LogP contribution is 2.22. The van der Waals surface area contributed by atoms with E-state index in [0.29, 0.717) is 0 Å². The molecule has 1 amide bonds. The lowest BCUT2D eigenvalue weighted by atomic mass is 10.0. The van der Waals surface area contributed by atoms with Gasteiger partial charge in [0.2, 0.25) is 5.91 Å². The number of benzene rings is 1. The number of anilines is 1. The molecule has 0 aliphatic heterocycles. The number of amides is 1. The first kappa shape index (κ1) is 14.4. The third kappa shape index (κ3) is 4.28. The van der Waals surface area contributed by atoms with E-state index in [4.69, 9.17) is 4.74 Å². The predicted molar refractivity (Wildman–Crippen MR) is 74.0 cm³/mol. The van der Waals surface area contributed by atoms with Crippen LogP contribution < -0.4 is 15.4 Å². The van der Waals surface area contributed by atoms with Gasteiger partial charge in [0, 0.05) is 5.54 Å². The summed E-state index contributed by atoms with van der Waals surface area (Å²) in [6.07, 6.45) is 0.896. The Hall–Kier alpha value is -1.71. The Balaban J connectivity index is 2.52. The largest absolute Gasteiger partial charge is 0.495 e. The molecule has 0 unspecified atom stereocenters. The van der Waals surface area contributed by atoms with Crippen molar-refractivity contribution >= 4 is 11.6 Å². The van der Waals surface area contributed by atoms with Gasteiger partial charge in [0.15, 0.2) is 0 Å². The Bertz CT molecular complexity index is 403. The van der Waals surface area contributed by atoms with E-state index in [9.17, 15) is 4.79 Å². The molecule has 4 heteroatoms. The standard InChI is InChI=1S/C14H22N2O2/c1-5-14(2,3)16-13(17)10-15-11-8-6-7-9-12(11)18-4/h6-9,15H,5,10H2,1-4H3,(H,16,17). The molecule has 0 bridgehead atoms. The fourth-order valence-corrected chi connectivity index (χ4v) is 1.48. The van der Waals surface area contributed by atoms with Crippen molar-refractivity contribution in [2.75, 3.05) is 19.0 Å². The van der Waals surface area contributed by atoms with Crippen molar-refractivity contribution in [2.24, 2.45) is 0 Å². The van der Waals surface area contributed by atoms with Crippen molar-refractivity contribution in [1.82, 2.24) is 5.32 Å². The van der Waals surface area contributed by atoms with Gasteiger partial charge in [0.25, 0.3) is 0 Å². The molecule has 0 radical (unpaired) electrons. The van der Waals surface area contributed by atoms with E-state index in [-0.39, 0.29) is 18.0 Å². The number of nitrogens with one attached hydrogen (secondary N) is 2. The van der Waals surface area contributed by atoms with Gasteiger partial charge < -0.3 is 15.4 Å². The van der Waals surface area contributed by atoms with Crippen molar-refractivity contribution in [3.05, 3.63) is 24.3 Å². The van der Waals surface area contributed by atoms with Gasteiger partial charge in [-0.3, -0.25) is 4.79 Å². The summed E-state index contributed by atoms with van der Waals surface area (Å²) in [6, 6.07) is 7.54. The molecule has 0 saturated carbocycles. The number of para-hydroxylation sites is 2. The first-order chi connectivity index (χ1) is 8.48. The molecule has 4 nitrogen and oxygen atoms in total. The van der Waals surface area contributed by atoms with Crippen LogP contribution in [-0.4, -0.2) is 25.1 Å². The van der Waals surface area contributed by atoms with Gasteiger partial charge in [-0.2, -0.15) is 0 Å². The summed E-state index contributed by atoms with van der Waals surface area (Å²) in [5, 5.41) is 6.04. The fourth-order valence-electron chi connectivity index (χ4n) is 1.48. The van der Waals surface area contributed by atoms with E-state index in [1.54, 1.807) is 7.11 Å².